The highest BCUT2D eigenvalue weighted by molar-refractivity contribution is 7.09. The smallest absolute Gasteiger partial charge is 0.117 e. The Morgan fingerprint density at radius 3 is 3.00 bits per heavy atom. The summed E-state index contributed by atoms with van der Waals surface area (Å²) < 4.78 is 0. The molecule has 1 aliphatic carbocycles. The fourth-order valence-electron chi connectivity index (χ4n) is 3.21. The van der Waals surface area contributed by atoms with Crippen LogP contribution in [0.25, 0.3) is 0 Å². The summed E-state index contributed by atoms with van der Waals surface area (Å²) in [5.74, 6) is 0. The van der Waals surface area contributed by atoms with Crippen LogP contribution in [0, 0.1) is 0 Å². The number of aryl methyl sites for hydroxylation is 1. The predicted octanol–water partition coefficient (Wildman–Crippen LogP) is 3.72. The standard InChI is InChI=1S/C16H20N2S/c1-2-18-16(15-17-11-12-19-15)10-6-5-8-13-7-3-4-9-14(13)16/h3-4,7,9,11-12,18H,2,5-6,8,10H2,1H3. The van der Waals surface area contributed by atoms with Gasteiger partial charge in [-0.3, -0.25) is 0 Å². The highest BCUT2D eigenvalue weighted by atomic mass is 32.1. The molecule has 0 saturated carbocycles. The van der Waals surface area contributed by atoms with Crippen molar-refractivity contribution in [3.8, 4) is 0 Å². The van der Waals surface area contributed by atoms with Gasteiger partial charge in [-0.05, 0) is 36.9 Å². The van der Waals surface area contributed by atoms with Crippen LogP contribution >= 0.6 is 11.3 Å². The van der Waals surface area contributed by atoms with Crippen molar-refractivity contribution in [2.75, 3.05) is 6.54 Å². The Morgan fingerprint density at radius 2 is 2.21 bits per heavy atom. The number of fused-ring (bicyclic) bond motifs is 1. The van der Waals surface area contributed by atoms with E-state index < -0.39 is 0 Å². The number of aromatic nitrogens is 1. The average Bonchev–Trinajstić information content (AvgIpc) is 2.91. The van der Waals surface area contributed by atoms with Crippen LogP contribution in [0.1, 0.15) is 42.3 Å². The molecule has 0 radical (unpaired) electrons. The molecule has 1 unspecified atom stereocenters. The molecular weight excluding hydrogens is 252 g/mol. The summed E-state index contributed by atoms with van der Waals surface area (Å²) in [5.41, 5.74) is 2.84. The fraction of sp³-hybridized carbons (Fsp3) is 0.438. The van der Waals surface area contributed by atoms with Crippen LogP contribution < -0.4 is 5.32 Å². The normalized spacial score (nSPS) is 22.8. The first kappa shape index (κ1) is 12.8. The van der Waals surface area contributed by atoms with Gasteiger partial charge in [-0.15, -0.1) is 11.3 Å². The molecule has 0 fully saturated rings. The van der Waals surface area contributed by atoms with Crippen LogP contribution in [-0.2, 0) is 12.0 Å². The van der Waals surface area contributed by atoms with Crippen molar-refractivity contribution in [3.63, 3.8) is 0 Å². The number of benzene rings is 1. The van der Waals surface area contributed by atoms with Crippen molar-refractivity contribution in [1.82, 2.24) is 10.3 Å². The molecule has 1 atom stereocenters. The third-order valence-electron chi connectivity index (χ3n) is 4.00. The van der Waals surface area contributed by atoms with Gasteiger partial charge in [0.15, 0.2) is 0 Å². The summed E-state index contributed by atoms with van der Waals surface area (Å²) in [4.78, 5) is 4.63. The van der Waals surface area contributed by atoms with E-state index in [2.05, 4.69) is 46.9 Å². The predicted molar refractivity (Wildman–Crippen MR) is 80.6 cm³/mol. The summed E-state index contributed by atoms with van der Waals surface area (Å²) in [6, 6.07) is 8.87. The van der Waals surface area contributed by atoms with E-state index in [1.165, 1.54) is 35.4 Å². The van der Waals surface area contributed by atoms with E-state index >= 15 is 0 Å². The molecule has 0 spiro atoms. The molecule has 2 nitrogen and oxygen atoms in total. The first-order valence-electron chi connectivity index (χ1n) is 7.10. The quantitative estimate of drug-likeness (QED) is 0.861. The van der Waals surface area contributed by atoms with Gasteiger partial charge >= 0.3 is 0 Å². The largest absolute Gasteiger partial charge is 0.302 e. The Balaban J connectivity index is 2.18. The first-order chi connectivity index (χ1) is 9.37. The molecule has 19 heavy (non-hydrogen) atoms. The van der Waals surface area contributed by atoms with Crippen LogP contribution in [0.5, 0.6) is 0 Å². The number of thiazole rings is 1. The molecule has 1 N–H and O–H groups in total. The van der Waals surface area contributed by atoms with Gasteiger partial charge in [-0.25, -0.2) is 4.98 Å². The Kier molecular flexibility index (Phi) is 3.67. The van der Waals surface area contributed by atoms with Crippen LogP contribution in [0.4, 0.5) is 0 Å². The molecule has 2 aromatic rings. The van der Waals surface area contributed by atoms with Gasteiger partial charge in [0.05, 0.1) is 5.54 Å². The first-order valence-corrected chi connectivity index (χ1v) is 7.98. The van der Waals surface area contributed by atoms with E-state index in [0.29, 0.717) is 0 Å². The van der Waals surface area contributed by atoms with Gasteiger partial charge in [-0.2, -0.15) is 0 Å². The molecule has 0 amide bonds. The second-order valence-electron chi connectivity index (χ2n) is 5.14. The van der Waals surface area contributed by atoms with Crippen molar-refractivity contribution in [3.05, 3.63) is 52.0 Å². The van der Waals surface area contributed by atoms with Crippen molar-refractivity contribution in [2.45, 2.75) is 38.1 Å². The third kappa shape index (κ3) is 2.21. The molecule has 0 bridgehead atoms. The summed E-state index contributed by atoms with van der Waals surface area (Å²) in [5, 5.41) is 7.04. The maximum Gasteiger partial charge on any atom is 0.117 e. The molecule has 1 aromatic heterocycles. The maximum absolute atomic E-state index is 4.63. The number of hydrogen-bond donors (Lipinski definition) is 1. The topological polar surface area (TPSA) is 24.9 Å². The van der Waals surface area contributed by atoms with Gasteiger partial charge in [0.25, 0.3) is 0 Å². The van der Waals surface area contributed by atoms with Crippen molar-refractivity contribution in [2.24, 2.45) is 0 Å². The molecule has 1 aliphatic rings. The monoisotopic (exact) mass is 272 g/mol. The van der Waals surface area contributed by atoms with Gasteiger partial charge in [0.1, 0.15) is 5.01 Å². The van der Waals surface area contributed by atoms with E-state index in [-0.39, 0.29) is 5.54 Å². The van der Waals surface area contributed by atoms with Crippen LogP contribution in [0.3, 0.4) is 0 Å². The average molecular weight is 272 g/mol. The van der Waals surface area contributed by atoms with E-state index in [1.807, 2.05) is 6.20 Å². The summed E-state index contributed by atoms with van der Waals surface area (Å²) in [6.07, 6.45) is 6.78. The Hall–Kier alpha value is -1.19. The highest BCUT2D eigenvalue weighted by Crippen LogP contribution is 2.40. The molecular formula is C16H20N2S. The Labute approximate surface area is 118 Å². The van der Waals surface area contributed by atoms with E-state index in [1.54, 1.807) is 11.3 Å². The van der Waals surface area contributed by atoms with Crippen molar-refractivity contribution < 1.29 is 0 Å². The van der Waals surface area contributed by atoms with Crippen molar-refractivity contribution in [1.29, 1.82) is 0 Å². The SMILES string of the molecule is CCNC1(c2nccs2)CCCCc2ccccc21. The number of hydrogen-bond acceptors (Lipinski definition) is 3. The zero-order chi connectivity index (χ0) is 13.1. The second-order valence-corrected chi connectivity index (χ2v) is 6.03. The number of nitrogens with zero attached hydrogens (tertiary/aromatic N) is 1. The van der Waals surface area contributed by atoms with Gasteiger partial charge in [0.2, 0.25) is 0 Å². The lowest BCUT2D eigenvalue weighted by molar-refractivity contribution is 0.375. The maximum atomic E-state index is 4.63. The molecule has 100 valence electrons. The number of nitrogens with one attached hydrogen (secondary N) is 1. The molecule has 3 rings (SSSR count). The fourth-order valence-corrected chi connectivity index (χ4v) is 4.07. The molecule has 0 aliphatic heterocycles. The minimum absolute atomic E-state index is 0.0734. The minimum atomic E-state index is -0.0734. The zero-order valence-corrected chi connectivity index (χ0v) is 12.2. The van der Waals surface area contributed by atoms with Crippen molar-refractivity contribution >= 4 is 11.3 Å². The van der Waals surface area contributed by atoms with Gasteiger partial charge in [-0.1, -0.05) is 37.6 Å². The minimum Gasteiger partial charge on any atom is -0.302 e. The lowest BCUT2D eigenvalue weighted by Crippen LogP contribution is -2.43. The molecule has 3 heteroatoms. The Bertz CT molecular complexity index is 535. The van der Waals surface area contributed by atoms with Crippen LogP contribution in [0.15, 0.2) is 35.8 Å². The molecule has 1 heterocycles. The van der Waals surface area contributed by atoms with E-state index in [0.717, 1.165) is 13.0 Å². The lowest BCUT2D eigenvalue weighted by atomic mass is 9.84. The highest BCUT2D eigenvalue weighted by Gasteiger charge is 2.38. The van der Waals surface area contributed by atoms with Gasteiger partial charge in [0, 0.05) is 11.6 Å². The summed E-state index contributed by atoms with van der Waals surface area (Å²) >= 11 is 1.77. The van der Waals surface area contributed by atoms with Crippen LogP contribution in [0.2, 0.25) is 0 Å². The third-order valence-corrected chi connectivity index (χ3v) is 4.94. The summed E-state index contributed by atoms with van der Waals surface area (Å²) in [7, 11) is 0. The zero-order valence-electron chi connectivity index (χ0n) is 11.4. The summed E-state index contributed by atoms with van der Waals surface area (Å²) in [6.45, 7) is 3.15. The van der Waals surface area contributed by atoms with E-state index in [4.69, 9.17) is 0 Å². The molecule has 0 saturated heterocycles. The number of rotatable bonds is 3. The van der Waals surface area contributed by atoms with E-state index in [9.17, 15) is 0 Å². The second kappa shape index (κ2) is 5.43. The lowest BCUT2D eigenvalue weighted by Gasteiger charge is -2.33. The molecule has 1 aromatic carbocycles. The Morgan fingerprint density at radius 1 is 1.32 bits per heavy atom. The van der Waals surface area contributed by atoms with Crippen LogP contribution in [-0.4, -0.2) is 11.5 Å². The van der Waals surface area contributed by atoms with Gasteiger partial charge < -0.3 is 5.32 Å².